The van der Waals surface area contributed by atoms with Gasteiger partial charge >= 0.3 is 0 Å². The van der Waals surface area contributed by atoms with Gasteiger partial charge < -0.3 is 4.74 Å². The van der Waals surface area contributed by atoms with Crippen LogP contribution >= 0.6 is 0 Å². The quantitative estimate of drug-likeness (QED) is 0.477. The summed E-state index contributed by atoms with van der Waals surface area (Å²) in [5.41, 5.74) is 0.258. The Morgan fingerprint density at radius 2 is 1.71 bits per heavy atom. The van der Waals surface area contributed by atoms with Crippen LogP contribution in [0, 0.1) is 15.9 Å². The van der Waals surface area contributed by atoms with Gasteiger partial charge in [-0.25, -0.2) is 4.39 Å². The van der Waals surface area contributed by atoms with Crippen molar-refractivity contribution in [3.63, 3.8) is 0 Å². The number of nitro groups is 1. The van der Waals surface area contributed by atoms with Crippen molar-refractivity contribution in [1.29, 1.82) is 0 Å². The van der Waals surface area contributed by atoms with Gasteiger partial charge in [0.25, 0.3) is 17.5 Å². The minimum Gasteiger partial charge on any atom is -0.489 e. The number of hydrogen-bond acceptors (Lipinski definition) is 5. The number of halogens is 1. The van der Waals surface area contributed by atoms with Crippen LogP contribution in [-0.2, 0) is 0 Å². The topological polar surface area (TPSA) is 89.8 Å². The van der Waals surface area contributed by atoms with E-state index in [1.54, 1.807) is 24.3 Å². The summed E-state index contributed by atoms with van der Waals surface area (Å²) in [6, 6.07) is 9.44. The first-order chi connectivity index (χ1) is 11.5. The number of amides is 2. The molecule has 1 aliphatic rings. The molecule has 7 nitrogen and oxygen atoms in total. The van der Waals surface area contributed by atoms with Crippen molar-refractivity contribution in [1.82, 2.24) is 4.90 Å². The van der Waals surface area contributed by atoms with E-state index in [-0.39, 0.29) is 24.6 Å². The highest BCUT2D eigenvalue weighted by Crippen LogP contribution is 2.24. The van der Waals surface area contributed by atoms with Crippen LogP contribution in [0.2, 0.25) is 0 Å². The molecule has 0 spiro atoms. The van der Waals surface area contributed by atoms with Crippen molar-refractivity contribution in [3.8, 4) is 5.75 Å². The summed E-state index contributed by atoms with van der Waals surface area (Å²) in [5.74, 6) is -1.92. The number of ether oxygens (including phenoxy) is 1. The van der Waals surface area contributed by atoms with E-state index in [2.05, 4.69) is 0 Å². The van der Waals surface area contributed by atoms with E-state index in [1.165, 1.54) is 0 Å². The Morgan fingerprint density at radius 1 is 1.08 bits per heavy atom. The average Bonchev–Trinajstić information content (AvgIpc) is 2.81. The van der Waals surface area contributed by atoms with Crippen LogP contribution in [0.25, 0.3) is 0 Å². The number of carbonyl (C=O) groups excluding carboxylic acids is 2. The third-order valence-electron chi connectivity index (χ3n) is 3.58. The van der Waals surface area contributed by atoms with Crippen LogP contribution < -0.4 is 4.74 Å². The zero-order chi connectivity index (χ0) is 17.3. The van der Waals surface area contributed by atoms with Gasteiger partial charge in [-0.3, -0.25) is 24.6 Å². The fraction of sp³-hybridized carbons (Fsp3) is 0.125. The van der Waals surface area contributed by atoms with Gasteiger partial charge in [-0.2, -0.15) is 0 Å². The van der Waals surface area contributed by atoms with E-state index in [1.807, 2.05) is 0 Å². The lowest BCUT2D eigenvalue weighted by Gasteiger charge is -2.14. The summed E-state index contributed by atoms with van der Waals surface area (Å²) >= 11 is 0. The standard InChI is InChI=1S/C16H11FN2O5/c17-13-9-10(19(22)23)5-6-14(13)24-8-7-18-15(20)11-3-1-2-4-12(11)16(18)21/h1-6,9H,7-8H2. The molecule has 122 valence electrons. The maximum Gasteiger partial charge on any atom is 0.272 e. The molecule has 0 aromatic heterocycles. The average molecular weight is 330 g/mol. The van der Waals surface area contributed by atoms with Gasteiger partial charge in [-0.05, 0) is 18.2 Å². The Balaban J connectivity index is 1.65. The lowest BCUT2D eigenvalue weighted by atomic mass is 10.1. The van der Waals surface area contributed by atoms with Gasteiger partial charge in [-0.1, -0.05) is 12.1 Å². The number of hydrogen-bond donors (Lipinski definition) is 0. The summed E-state index contributed by atoms with van der Waals surface area (Å²) in [6.45, 7) is -0.178. The number of rotatable bonds is 5. The molecule has 0 N–H and O–H groups in total. The van der Waals surface area contributed by atoms with Crippen LogP contribution in [0.1, 0.15) is 20.7 Å². The van der Waals surface area contributed by atoms with Crippen molar-refractivity contribution >= 4 is 17.5 Å². The van der Waals surface area contributed by atoms with E-state index >= 15 is 0 Å². The molecule has 0 saturated carbocycles. The molecule has 0 saturated heterocycles. The molecule has 0 bridgehead atoms. The van der Waals surface area contributed by atoms with Crippen LogP contribution in [-0.4, -0.2) is 34.8 Å². The largest absolute Gasteiger partial charge is 0.489 e. The molecular weight excluding hydrogens is 319 g/mol. The molecule has 0 fully saturated rings. The smallest absolute Gasteiger partial charge is 0.272 e. The van der Waals surface area contributed by atoms with Gasteiger partial charge in [0, 0.05) is 6.07 Å². The van der Waals surface area contributed by atoms with Crippen molar-refractivity contribution in [2.75, 3.05) is 13.2 Å². The Morgan fingerprint density at radius 3 is 2.25 bits per heavy atom. The molecule has 24 heavy (non-hydrogen) atoms. The van der Waals surface area contributed by atoms with E-state index in [0.717, 1.165) is 23.1 Å². The van der Waals surface area contributed by atoms with Crippen molar-refractivity contribution in [2.24, 2.45) is 0 Å². The molecule has 0 atom stereocenters. The Bertz CT molecular complexity index is 817. The Hall–Kier alpha value is -3.29. The van der Waals surface area contributed by atoms with Crippen LogP contribution in [0.15, 0.2) is 42.5 Å². The second-order valence-electron chi connectivity index (χ2n) is 5.03. The van der Waals surface area contributed by atoms with Crippen LogP contribution in [0.5, 0.6) is 5.75 Å². The zero-order valence-electron chi connectivity index (χ0n) is 12.3. The third kappa shape index (κ3) is 2.69. The Kier molecular flexibility index (Phi) is 3.95. The lowest BCUT2D eigenvalue weighted by Crippen LogP contribution is -2.33. The summed E-state index contributed by atoms with van der Waals surface area (Å²) in [6.07, 6.45) is 0. The summed E-state index contributed by atoms with van der Waals surface area (Å²) in [4.78, 5) is 35.1. The number of nitro benzene ring substituents is 1. The highest BCUT2D eigenvalue weighted by molar-refractivity contribution is 6.21. The molecule has 1 heterocycles. The minimum absolute atomic E-state index is 0.0528. The fourth-order valence-electron chi connectivity index (χ4n) is 2.41. The minimum atomic E-state index is -0.883. The normalized spacial score (nSPS) is 13.1. The molecule has 8 heteroatoms. The number of imide groups is 1. The number of fused-ring (bicyclic) bond motifs is 1. The first-order valence-corrected chi connectivity index (χ1v) is 7.01. The van der Waals surface area contributed by atoms with Gasteiger partial charge in [0.2, 0.25) is 0 Å². The predicted octanol–water partition coefficient (Wildman–Crippen LogP) is 2.41. The summed E-state index contributed by atoms with van der Waals surface area (Å²) in [5, 5.41) is 10.5. The van der Waals surface area contributed by atoms with Gasteiger partial charge in [0.1, 0.15) is 6.61 Å². The summed E-state index contributed by atoms with van der Waals surface area (Å²) in [7, 11) is 0. The number of non-ortho nitro benzene ring substituents is 1. The van der Waals surface area contributed by atoms with Gasteiger partial charge in [0.15, 0.2) is 11.6 Å². The SMILES string of the molecule is O=C1c2ccccc2C(=O)N1CCOc1ccc([N+](=O)[O-])cc1F. The maximum atomic E-state index is 13.7. The van der Waals surface area contributed by atoms with E-state index in [4.69, 9.17) is 4.74 Å². The maximum absolute atomic E-state index is 13.7. The molecule has 1 aliphatic heterocycles. The molecule has 3 rings (SSSR count). The highest BCUT2D eigenvalue weighted by atomic mass is 19.1. The first kappa shape index (κ1) is 15.6. The van der Waals surface area contributed by atoms with Gasteiger partial charge in [-0.15, -0.1) is 0 Å². The molecular formula is C16H11FN2O5. The second kappa shape index (κ2) is 6.07. The fourth-order valence-corrected chi connectivity index (χ4v) is 2.41. The highest BCUT2D eigenvalue weighted by Gasteiger charge is 2.34. The van der Waals surface area contributed by atoms with Crippen molar-refractivity contribution in [2.45, 2.75) is 0 Å². The second-order valence-corrected chi connectivity index (χ2v) is 5.03. The van der Waals surface area contributed by atoms with Crippen molar-refractivity contribution in [3.05, 3.63) is 69.5 Å². The molecule has 2 aromatic rings. The molecule has 2 aromatic carbocycles. The van der Waals surface area contributed by atoms with E-state index in [9.17, 15) is 24.1 Å². The molecule has 0 unspecified atom stereocenters. The van der Waals surface area contributed by atoms with Crippen molar-refractivity contribution < 1.29 is 23.6 Å². The number of nitrogens with zero attached hydrogens (tertiary/aromatic N) is 2. The van der Waals surface area contributed by atoms with Crippen LogP contribution in [0.3, 0.4) is 0 Å². The number of carbonyl (C=O) groups is 2. The summed E-state index contributed by atoms with van der Waals surface area (Å²) < 4.78 is 18.9. The monoisotopic (exact) mass is 330 g/mol. The molecule has 0 aliphatic carbocycles. The van der Waals surface area contributed by atoms with Gasteiger partial charge in [0.05, 0.1) is 28.7 Å². The van der Waals surface area contributed by atoms with E-state index in [0.29, 0.717) is 11.1 Å². The zero-order valence-corrected chi connectivity index (χ0v) is 12.3. The van der Waals surface area contributed by atoms with E-state index < -0.39 is 22.6 Å². The molecule has 0 radical (unpaired) electrons. The molecule has 2 amide bonds. The number of benzene rings is 2. The first-order valence-electron chi connectivity index (χ1n) is 7.01. The lowest BCUT2D eigenvalue weighted by molar-refractivity contribution is -0.385. The van der Waals surface area contributed by atoms with Crippen LogP contribution in [0.4, 0.5) is 10.1 Å². The Labute approximate surface area is 135 Å². The predicted molar refractivity (Wildman–Crippen MR) is 80.4 cm³/mol. The third-order valence-corrected chi connectivity index (χ3v) is 3.58.